The first kappa shape index (κ1) is 22.1. The Kier molecular flexibility index (Phi) is 6.26. The van der Waals surface area contributed by atoms with Crippen LogP contribution in [0.1, 0.15) is 43.0 Å². The van der Waals surface area contributed by atoms with E-state index in [1.54, 1.807) is 0 Å². The summed E-state index contributed by atoms with van der Waals surface area (Å²) < 4.78 is 8.23. The van der Waals surface area contributed by atoms with Gasteiger partial charge in [0, 0.05) is 26.0 Å². The van der Waals surface area contributed by atoms with Gasteiger partial charge in [0.2, 0.25) is 0 Å². The van der Waals surface area contributed by atoms with Gasteiger partial charge in [-0.1, -0.05) is 51.1 Å². The van der Waals surface area contributed by atoms with E-state index < -0.39 is 0 Å². The van der Waals surface area contributed by atoms with Gasteiger partial charge in [0.1, 0.15) is 12.4 Å². The number of hydrogen-bond donors (Lipinski definition) is 1. The topological polar surface area (TPSA) is 38.3 Å². The molecule has 5 heteroatoms. The summed E-state index contributed by atoms with van der Waals surface area (Å²) >= 11 is 5.99. The second-order valence-corrected chi connectivity index (χ2v) is 10.7. The van der Waals surface area contributed by atoms with Crippen molar-refractivity contribution >= 4 is 61.8 Å². The SMILES string of the molecule is CC(C)(C)c1cc(C=C2C(=O)Nc3ccc(I)cc32)cc(Br)c1OCc1ccccc1. The van der Waals surface area contributed by atoms with E-state index in [1.807, 2.05) is 48.5 Å². The molecule has 0 saturated carbocycles. The van der Waals surface area contributed by atoms with Crippen LogP contribution in [0.25, 0.3) is 11.6 Å². The van der Waals surface area contributed by atoms with Crippen LogP contribution in [0.15, 0.2) is 65.1 Å². The molecule has 0 aliphatic carbocycles. The monoisotopic (exact) mass is 587 g/mol. The van der Waals surface area contributed by atoms with Crippen LogP contribution in [0, 0.1) is 3.57 Å². The van der Waals surface area contributed by atoms with Gasteiger partial charge in [-0.3, -0.25) is 4.79 Å². The van der Waals surface area contributed by atoms with E-state index in [0.717, 1.165) is 41.7 Å². The zero-order chi connectivity index (χ0) is 22.2. The van der Waals surface area contributed by atoms with Crippen molar-refractivity contribution in [3.8, 4) is 5.75 Å². The van der Waals surface area contributed by atoms with Crippen molar-refractivity contribution in [3.05, 3.63) is 91.0 Å². The van der Waals surface area contributed by atoms with Gasteiger partial charge in [0.25, 0.3) is 5.91 Å². The van der Waals surface area contributed by atoms with Gasteiger partial charge in [0.05, 0.1) is 4.47 Å². The molecule has 0 atom stereocenters. The number of fused-ring (bicyclic) bond motifs is 1. The average Bonchev–Trinajstić information content (AvgIpc) is 3.01. The number of anilines is 1. The predicted octanol–water partition coefficient (Wildman–Crippen LogP) is 7.42. The molecular weight excluding hydrogens is 565 g/mol. The molecule has 1 aliphatic heterocycles. The number of hydrogen-bond acceptors (Lipinski definition) is 2. The Hall–Kier alpha value is -2.12. The van der Waals surface area contributed by atoms with Gasteiger partial charge in [-0.25, -0.2) is 0 Å². The summed E-state index contributed by atoms with van der Waals surface area (Å²) in [5, 5.41) is 2.96. The molecule has 0 unspecified atom stereocenters. The summed E-state index contributed by atoms with van der Waals surface area (Å²) in [6, 6.07) is 20.3. The summed E-state index contributed by atoms with van der Waals surface area (Å²) in [4.78, 5) is 12.6. The molecule has 3 aromatic rings. The summed E-state index contributed by atoms with van der Waals surface area (Å²) in [5.41, 5.74) is 5.51. The maximum Gasteiger partial charge on any atom is 0.256 e. The van der Waals surface area contributed by atoms with Gasteiger partial charge >= 0.3 is 0 Å². The third-order valence-electron chi connectivity index (χ3n) is 5.18. The molecule has 158 valence electrons. The van der Waals surface area contributed by atoms with E-state index in [2.05, 4.69) is 82.8 Å². The quantitative estimate of drug-likeness (QED) is 0.255. The molecule has 0 aromatic heterocycles. The zero-order valence-electron chi connectivity index (χ0n) is 17.6. The Morgan fingerprint density at radius 3 is 2.52 bits per heavy atom. The fourth-order valence-corrected chi connectivity index (χ4v) is 4.69. The van der Waals surface area contributed by atoms with Crippen LogP contribution in [0.5, 0.6) is 5.75 Å². The van der Waals surface area contributed by atoms with E-state index in [4.69, 9.17) is 4.74 Å². The Balaban J connectivity index is 1.74. The maximum absolute atomic E-state index is 12.6. The van der Waals surface area contributed by atoms with E-state index >= 15 is 0 Å². The summed E-state index contributed by atoms with van der Waals surface area (Å²) in [6.45, 7) is 7.00. The largest absolute Gasteiger partial charge is 0.487 e. The highest BCUT2D eigenvalue weighted by Gasteiger charge is 2.26. The Morgan fingerprint density at radius 2 is 1.81 bits per heavy atom. The van der Waals surface area contributed by atoms with E-state index in [1.165, 1.54) is 0 Å². The molecule has 31 heavy (non-hydrogen) atoms. The van der Waals surface area contributed by atoms with Crippen molar-refractivity contribution in [2.24, 2.45) is 0 Å². The van der Waals surface area contributed by atoms with Gasteiger partial charge in [-0.2, -0.15) is 0 Å². The first-order chi connectivity index (χ1) is 14.7. The van der Waals surface area contributed by atoms with Crippen molar-refractivity contribution in [1.29, 1.82) is 0 Å². The molecule has 0 fully saturated rings. The van der Waals surface area contributed by atoms with Gasteiger partial charge in [-0.15, -0.1) is 0 Å². The number of halogens is 2. The minimum absolute atomic E-state index is 0.0742. The fraction of sp³-hybridized carbons (Fsp3) is 0.192. The molecule has 3 aromatic carbocycles. The highest BCUT2D eigenvalue weighted by atomic mass is 127. The predicted molar refractivity (Wildman–Crippen MR) is 139 cm³/mol. The standard InChI is InChI=1S/C26H23BrINO2/c1-26(2,3)21-12-17(11-20-19-14-18(28)9-10-23(19)29-25(20)30)13-22(27)24(21)31-15-16-7-5-4-6-8-16/h4-14H,15H2,1-3H3,(H,29,30). The zero-order valence-corrected chi connectivity index (χ0v) is 21.4. The molecular formula is C26H23BrINO2. The first-order valence-corrected chi connectivity index (χ1v) is 11.9. The van der Waals surface area contributed by atoms with E-state index in [9.17, 15) is 4.79 Å². The Morgan fingerprint density at radius 1 is 1.06 bits per heavy atom. The van der Waals surface area contributed by atoms with Crippen molar-refractivity contribution in [1.82, 2.24) is 0 Å². The first-order valence-electron chi connectivity index (χ1n) is 10.1. The van der Waals surface area contributed by atoms with Crippen molar-refractivity contribution < 1.29 is 9.53 Å². The lowest BCUT2D eigenvalue weighted by molar-refractivity contribution is -0.110. The van der Waals surface area contributed by atoms with Crippen LogP contribution in [-0.2, 0) is 16.8 Å². The lowest BCUT2D eigenvalue weighted by Crippen LogP contribution is -2.14. The number of ether oxygens (including phenoxy) is 1. The summed E-state index contributed by atoms with van der Waals surface area (Å²) in [6.07, 6.45) is 1.96. The third kappa shape index (κ3) is 4.88. The number of amides is 1. The molecule has 0 radical (unpaired) electrons. The maximum atomic E-state index is 12.6. The van der Waals surface area contributed by atoms with Gasteiger partial charge in [-0.05, 0) is 91.5 Å². The Bertz CT molecular complexity index is 1180. The van der Waals surface area contributed by atoms with Crippen LogP contribution in [-0.4, -0.2) is 5.91 Å². The number of carbonyl (C=O) groups is 1. The highest BCUT2D eigenvalue weighted by molar-refractivity contribution is 14.1. The van der Waals surface area contributed by atoms with Gasteiger partial charge in [0.15, 0.2) is 0 Å². The number of carbonyl (C=O) groups excluding carboxylic acids is 1. The molecule has 1 N–H and O–H groups in total. The number of benzene rings is 3. The van der Waals surface area contributed by atoms with Gasteiger partial charge < -0.3 is 10.1 Å². The second-order valence-electron chi connectivity index (χ2n) is 8.61. The normalized spacial score (nSPS) is 14.5. The summed E-state index contributed by atoms with van der Waals surface area (Å²) in [7, 11) is 0. The van der Waals surface area contributed by atoms with Crippen LogP contribution in [0.3, 0.4) is 0 Å². The molecule has 0 spiro atoms. The van der Waals surface area contributed by atoms with Crippen LogP contribution in [0.2, 0.25) is 0 Å². The third-order valence-corrected chi connectivity index (χ3v) is 6.44. The van der Waals surface area contributed by atoms with Crippen molar-refractivity contribution in [2.75, 3.05) is 5.32 Å². The Labute approximate surface area is 205 Å². The van der Waals surface area contributed by atoms with E-state index in [-0.39, 0.29) is 11.3 Å². The second kappa shape index (κ2) is 8.79. The molecule has 1 aliphatic rings. The van der Waals surface area contributed by atoms with Crippen LogP contribution >= 0.6 is 38.5 Å². The van der Waals surface area contributed by atoms with Crippen LogP contribution in [0.4, 0.5) is 5.69 Å². The highest BCUT2D eigenvalue weighted by Crippen LogP contribution is 2.40. The number of nitrogens with one attached hydrogen (secondary N) is 1. The molecule has 4 rings (SSSR count). The molecule has 1 heterocycles. The lowest BCUT2D eigenvalue weighted by Gasteiger charge is -2.24. The molecule has 1 amide bonds. The summed E-state index contributed by atoms with van der Waals surface area (Å²) in [5.74, 6) is 0.763. The fourth-order valence-electron chi connectivity index (χ4n) is 3.60. The number of rotatable bonds is 4. The molecule has 3 nitrogen and oxygen atoms in total. The minimum Gasteiger partial charge on any atom is -0.487 e. The average molecular weight is 588 g/mol. The van der Waals surface area contributed by atoms with Crippen molar-refractivity contribution in [3.63, 3.8) is 0 Å². The van der Waals surface area contributed by atoms with E-state index in [0.29, 0.717) is 12.2 Å². The van der Waals surface area contributed by atoms with Crippen LogP contribution < -0.4 is 10.1 Å². The lowest BCUT2D eigenvalue weighted by atomic mass is 9.85. The minimum atomic E-state index is -0.131. The van der Waals surface area contributed by atoms with Crippen molar-refractivity contribution in [2.45, 2.75) is 32.8 Å². The smallest absolute Gasteiger partial charge is 0.256 e. The molecule has 0 bridgehead atoms. The molecule has 0 saturated heterocycles.